The van der Waals surface area contributed by atoms with Gasteiger partial charge in [0.2, 0.25) is 0 Å². The molecule has 0 saturated carbocycles. The lowest BCUT2D eigenvalue weighted by Gasteiger charge is -2.26. The summed E-state index contributed by atoms with van der Waals surface area (Å²) in [6.45, 7) is 11.6. The Bertz CT molecular complexity index is 1590. The van der Waals surface area contributed by atoms with E-state index in [-0.39, 0.29) is 29.3 Å². The minimum atomic E-state index is -3.57. The second kappa shape index (κ2) is 12.2. The number of anilines is 2. The van der Waals surface area contributed by atoms with Gasteiger partial charge in [0.05, 0.1) is 29.2 Å². The highest BCUT2D eigenvalue weighted by Gasteiger charge is 2.32. The van der Waals surface area contributed by atoms with E-state index in [0.717, 1.165) is 12.2 Å². The van der Waals surface area contributed by atoms with Crippen LogP contribution >= 0.6 is 0 Å². The first-order chi connectivity index (χ1) is 18.7. The zero-order valence-corrected chi connectivity index (χ0v) is 24.7. The van der Waals surface area contributed by atoms with Crippen molar-refractivity contribution in [1.82, 2.24) is 9.97 Å². The molecule has 1 aliphatic rings. The number of pyridine rings is 1. The Balaban J connectivity index is 0.000000810. The summed E-state index contributed by atoms with van der Waals surface area (Å²) in [5.74, 6) is -1.73. The lowest BCUT2D eigenvalue weighted by Crippen LogP contribution is -2.20. The number of aromatic nitrogens is 2. The number of H-pyrrole nitrogens is 1. The molecule has 3 aromatic rings. The second-order valence-electron chi connectivity index (χ2n) is 10.4. The van der Waals surface area contributed by atoms with Crippen LogP contribution in [0.25, 0.3) is 5.57 Å². The van der Waals surface area contributed by atoms with Crippen molar-refractivity contribution in [2.24, 2.45) is 5.92 Å². The van der Waals surface area contributed by atoms with Gasteiger partial charge in [0, 0.05) is 36.7 Å². The first-order valence-electron chi connectivity index (χ1n) is 13.0. The van der Waals surface area contributed by atoms with E-state index in [0.29, 0.717) is 39.2 Å². The summed E-state index contributed by atoms with van der Waals surface area (Å²) in [7, 11) is -3.57. The molecule has 10 heteroatoms. The number of Topliss-reactive ketones (excluding diaryl/α,β-unsaturated/α-hetero) is 1. The molecule has 0 aliphatic carbocycles. The fraction of sp³-hybridized carbons (Fsp3) is 0.367. The van der Waals surface area contributed by atoms with Crippen LogP contribution in [0.15, 0.2) is 36.7 Å². The molecule has 214 valence electrons. The van der Waals surface area contributed by atoms with E-state index in [2.05, 4.69) is 30.7 Å². The average molecular weight is 570 g/mol. The van der Waals surface area contributed by atoms with Crippen LogP contribution in [-0.2, 0) is 22.1 Å². The number of nitrogens with zero attached hydrogens (tertiary/aromatic N) is 2. The molecule has 40 heavy (non-hydrogen) atoms. The molecule has 1 aromatic carbocycles. The third-order valence-electron chi connectivity index (χ3n) is 6.68. The van der Waals surface area contributed by atoms with Crippen molar-refractivity contribution in [3.05, 3.63) is 81.6 Å². The zero-order valence-electron chi connectivity index (χ0n) is 23.9. The van der Waals surface area contributed by atoms with Crippen LogP contribution in [0.3, 0.4) is 0 Å². The number of sulfone groups is 1. The summed E-state index contributed by atoms with van der Waals surface area (Å²) in [5.41, 5.74) is 3.56. The number of fused-ring (bicyclic) bond motifs is 2. The number of hydrogen-bond acceptors (Lipinski definition) is 6. The molecular weight excluding hydrogens is 533 g/mol. The Labute approximate surface area is 234 Å². The van der Waals surface area contributed by atoms with Crippen molar-refractivity contribution >= 4 is 38.7 Å². The van der Waals surface area contributed by atoms with Crippen LogP contribution in [0, 0.1) is 18.7 Å². The highest BCUT2D eigenvalue weighted by atomic mass is 32.2. The molecule has 0 saturated heterocycles. The average Bonchev–Trinajstić information content (AvgIpc) is 3.21. The lowest BCUT2D eigenvalue weighted by atomic mass is 9.91. The van der Waals surface area contributed by atoms with E-state index >= 15 is 4.39 Å². The number of aromatic carboxylic acids is 1. The molecule has 4 rings (SSSR count). The molecular formula is C30H36FN3O5S. The van der Waals surface area contributed by atoms with Gasteiger partial charge < -0.3 is 15.0 Å². The number of carbonyl (C=O) groups excluding carboxylic acids is 1. The molecule has 2 N–H and O–H groups in total. The summed E-state index contributed by atoms with van der Waals surface area (Å²) in [5, 5.41) is 9.89. The number of allylic oxidation sites excluding steroid dienone is 1. The molecule has 0 spiro atoms. The molecule has 0 bridgehead atoms. The first kappa shape index (κ1) is 30.7. The van der Waals surface area contributed by atoms with Gasteiger partial charge >= 0.3 is 5.97 Å². The van der Waals surface area contributed by atoms with Crippen molar-refractivity contribution in [2.45, 2.75) is 60.3 Å². The van der Waals surface area contributed by atoms with Gasteiger partial charge in [0.15, 0.2) is 27.3 Å². The SMILES string of the molecule is C/C=C1/c2cc(CS(C)(=O)=O)c(C(=O)O)cc2N(c2ncc(C)cc2F)Cc2c[nH]c(C(C)=O)c21.CCC(C)C. The number of ketones is 1. The summed E-state index contributed by atoms with van der Waals surface area (Å²) < 4.78 is 39.3. The first-order valence-corrected chi connectivity index (χ1v) is 15.1. The van der Waals surface area contributed by atoms with Crippen LogP contribution < -0.4 is 4.90 Å². The van der Waals surface area contributed by atoms with E-state index in [1.54, 1.807) is 31.0 Å². The molecule has 0 fully saturated rings. The van der Waals surface area contributed by atoms with E-state index in [9.17, 15) is 23.1 Å². The van der Waals surface area contributed by atoms with Gasteiger partial charge in [-0.25, -0.2) is 22.6 Å². The fourth-order valence-electron chi connectivity index (χ4n) is 4.45. The van der Waals surface area contributed by atoms with Gasteiger partial charge in [-0.05, 0) is 60.2 Å². The quantitative estimate of drug-likeness (QED) is 0.327. The molecule has 1 aliphatic heterocycles. The van der Waals surface area contributed by atoms with E-state index in [4.69, 9.17) is 0 Å². The Kier molecular flexibility index (Phi) is 9.35. The molecule has 8 nitrogen and oxygen atoms in total. The Hall–Kier alpha value is -3.79. The molecule has 0 atom stereocenters. The second-order valence-corrected chi connectivity index (χ2v) is 12.6. The lowest BCUT2D eigenvalue weighted by molar-refractivity contribution is 0.0695. The fourth-order valence-corrected chi connectivity index (χ4v) is 5.26. The predicted octanol–water partition coefficient (Wildman–Crippen LogP) is 6.46. The number of carboxylic acid groups (broad SMARTS) is 1. The highest BCUT2D eigenvalue weighted by molar-refractivity contribution is 7.89. The summed E-state index contributed by atoms with van der Waals surface area (Å²) in [4.78, 5) is 33.4. The number of aromatic amines is 1. The number of rotatable bonds is 6. The van der Waals surface area contributed by atoms with Crippen LogP contribution in [0.1, 0.15) is 89.7 Å². The van der Waals surface area contributed by atoms with Crippen LogP contribution in [-0.4, -0.2) is 41.5 Å². The van der Waals surface area contributed by atoms with Crippen molar-refractivity contribution in [3.63, 3.8) is 0 Å². The summed E-state index contributed by atoms with van der Waals surface area (Å²) in [6, 6.07) is 4.19. The Morgan fingerprint density at radius 1 is 1.25 bits per heavy atom. The van der Waals surface area contributed by atoms with Gasteiger partial charge in [-0.3, -0.25) is 4.79 Å². The molecule has 3 heterocycles. The van der Waals surface area contributed by atoms with Crippen LogP contribution in [0.4, 0.5) is 15.9 Å². The number of halogens is 1. The molecule has 0 radical (unpaired) electrons. The van der Waals surface area contributed by atoms with Gasteiger partial charge in [0.25, 0.3) is 0 Å². The number of benzene rings is 1. The number of nitrogens with one attached hydrogen (secondary N) is 1. The number of carbonyl (C=O) groups is 2. The normalized spacial score (nSPS) is 13.8. The van der Waals surface area contributed by atoms with E-state index in [1.807, 2.05) is 0 Å². The molecule has 2 aromatic heterocycles. The Morgan fingerprint density at radius 3 is 2.40 bits per heavy atom. The monoisotopic (exact) mass is 569 g/mol. The van der Waals surface area contributed by atoms with Crippen LogP contribution in [0.2, 0.25) is 0 Å². The minimum Gasteiger partial charge on any atom is -0.478 e. The van der Waals surface area contributed by atoms with Crippen molar-refractivity contribution < 1.29 is 27.5 Å². The largest absolute Gasteiger partial charge is 0.478 e. The van der Waals surface area contributed by atoms with E-state index < -0.39 is 27.4 Å². The van der Waals surface area contributed by atoms with Gasteiger partial charge in [-0.1, -0.05) is 33.3 Å². The Morgan fingerprint density at radius 2 is 1.90 bits per heavy atom. The maximum atomic E-state index is 15.1. The summed E-state index contributed by atoms with van der Waals surface area (Å²) >= 11 is 0. The number of carboxylic acids is 1. The third-order valence-corrected chi connectivity index (χ3v) is 7.52. The maximum Gasteiger partial charge on any atom is 0.336 e. The topological polar surface area (TPSA) is 120 Å². The smallest absolute Gasteiger partial charge is 0.336 e. The maximum absolute atomic E-state index is 15.1. The van der Waals surface area contributed by atoms with Gasteiger partial charge in [0.1, 0.15) is 0 Å². The summed E-state index contributed by atoms with van der Waals surface area (Å²) in [6.07, 6.45) is 7.27. The molecule has 0 unspecified atom stereocenters. The van der Waals surface area contributed by atoms with Gasteiger partial charge in [-0.2, -0.15) is 0 Å². The minimum absolute atomic E-state index is 0.0158. The number of aryl methyl sites for hydroxylation is 1. The van der Waals surface area contributed by atoms with E-state index in [1.165, 1.54) is 37.7 Å². The molecule has 0 amide bonds. The third kappa shape index (κ3) is 6.67. The van der Waals surface area contributed by atoms with Crippen molar-refractivity contribution in [3.8, 4) is 0 Å². The number of hydrogen-bond donors (Lipinski definition) is 2. The van der Waals surface area contributed by atoms with Crippen molar-refractivity contribution in [2.75, 3.05) is 11.2 Å². The highest BCUT2D eigenvalue weighted by Crippen LogP contribution is 2.44. The van der Waals surface area contributed by atoms with Crippen LogP contribution in [0.5, 0.6) is 0 Å². The predicted molar refractivity (Wildman–Crippen MR) is 155 cm³/mol. The standard InChI is InChI=1S/C25H24FN3O5S.C5H12/c1-5-17-19-7-15(12-35(4,33)34)18(25(31)32)8-21(19)29(24-20(26)6-13(2)9-28-24)11-16-10-27-23(14(3)30)22(16)17;1-4-5(2)3/h5-10,27H,11-12H2,1-4H3,(H,31,32);5H,4H2,1-3H3/b17-5-;. The zero-order chi connectivity index (χ0) is 29.9. The van der Waals surface area contributed by atoms with Gasteiger partial charge in [-0.15, -0.1) is 0 Å². The van der Waals surface area contributed by atoms with Crippen molar-refractivity contribution in [1.29, 1.82) is 0 Å².